The topological polar surface area (TPSA) is 51.5 Å². The van der Waals surface area contributed by atoms with Gasteiger partial charge in [-0.15, -0.1) is 0 Å². The van der Waals surface area contributed by atoms with Gasteiger partial charge in [-0.25, -0.2) is 0 Å². The van der Waals surface area contributed by atoms with E-state index < -0.39 is 11.7 Å². The molecule has 0 saturated carbocycles. The van der Waals surface area contributed by atoms with Gasteiger partial charge in [-0.05, 0) is 30.3 Å². The Labute approximate surface area is 112 Å². The van der Waals surface area contributed by atoms with Crippen molar-refractivity contribution in [3.63, 3.8) is 0 Å². The molecule has 4 nitrogen and oxygen atoms in total. The Kier molecular flexibility index (Phi) is 3.97. The van der Waals surface area contributed by atoms with E-state index in [-0.39, 0.29) is 24.5 Å². The van der Waals surface area contributed by atoms with Gasteiger partial charge >= 0.3 is 6.18 Å². The number of carbonyl (C=O) groups is 1. The fourth-order valence-electron chi connectivity index (χ4n) is 1.55. The molecule has 20 heavy (non-hydrogen) atoms. The molecule has 0 radical (unpaired) electrons. The normalized spacial score (nSPS) is 11.2. The summed E-state index contributed by atoms with van der Waals surface area (Å²) in [6.45, 7) is 0.0475. The Morgan fingerprint density at radius 3 is 2.70 bits per heavy atom. The molecule has 0 spiro atoms. The maximum Gasteiger partial charge on any atom is 0.416 e. The second kappa shape index (κ2) is 5.68. The Hall–Kier alpha value is -2.44. The zero-order valence-electron chi connectivity index (χ0n) is 10.1. The first-order valence-electron chi connectivity index (χ1n) is 5.57. The number of amides is 1. The predicted octanol–water partition coefficient (Wildman–Crippen LogP) is 3.45. The third kappa shape index (κ3) is 3.31. The molecule has 0 bridgehead atoms. The average Bonchev–Trinajstić information content (AvgIpc) is 2.89. The minimum atomic E-state index is -4.49. The number of rotatable bonds is 5. The molecule has 0 aliphatic heterocycles. The molecule has 1 aromatic heterocycles. The zero-order valence-corrected chi connectivity index (χ0v) is 10.1. The lowest BCUT2D eigenvalue weighted by atomic mass is 10.2. The summed E-state index contributed by atoms with van der Waals surface area (Å²) in [6, 6.07) is 6.17. The Balaban J connectivity index is 2.21. The van der Waals surface area contributed by atoms with E-state index in [1.807, 2.05) is 0 Å². The molecule has 2 rings (SSSR count). The van der Waals surface area contributed by atoms with Gasteiger partial charge in [0.2, 0.25) is 6.41 Å². The molecule has 1 N–H and O–H groups in total. The van der Waals surface area contributed by atoms with Gasteiger partial charge in [0.1, 0.15) is 18.1 Å². The maximum atomic E-state index is 12.6. The monoisotopic (exact) mass is 285 g/mol. The quantitative estimate of drug-likeness (QED) is 0.856. The number of carbonyl (C=O) groups excluding carboxylic acids is 1. The summed E-state index contributed by atoms with van der Waals surface area (Å²) in [4.78, 5) is 10.5. The van der Waals surface area contributed by atoms with Crippen LogP contribution in [0.5, 0.6) is 5.75 Å². The summed E-state index contributed by atoms with van der Waals surface area (Å²) in [5, 5.41) is 2.18. The van der Waals surface area contributed by atoms with Crippen LogP contribution in [0.4, 0.5) is 18.9 Å². The molecule has 0 saturated heterocycles. The summed E-state index contributed by atoms with van der Waals surface area (Å²) < 4.78 is 48.1. The number of hydrogen-bond acceptors (Lipinski definition) is 3. The molecule has 0 aliphatic rings. The fourth-order valence-corrected chi connectivity index (χ4v) is 1.55. The molecule has 1 amide bonds. The van der Waals surface area contributed by atoms with Crippen LogP contribution >= 0.6 is 0 Å². The standard InChI is InChI=1S/C13H10F3NO3/c14-13(15,16)9-3-4-12(11(6-9)17-8-18)20-7-10-2-1-5-19-10/h1-6,8H,7H2,(H,17,18). The molecule has 0 fully saturated rings. The average molecular weight is 285 g/mol. The number of halogens is 3. The number of nitrogens with one attached hydrogen (secondary N) is 1. The minimum absolute atomic E-state index is 0.0475. The van der Waals surface area contributed by atoms with Crippen LogP contribution in [0.25, 0.3) is 0 Å². The van der Waals surface area contributed by atoms with Gasteiger partial charge in [-0.1, -0.05) is 0 Å². The highest BCUT2D eigenvalue weighted by Crippen LogP contribution is 2.35. The van der Waals surface area contributed by atoms with E-state index in [1.54, 1.807) is 12.1 Å². The molecule has 7 heteroatoms. The van der Waals surface area contributed by atoms with Crippen LogP contribution < -0.4 is 10.1 Å². The van der Waals surface area contributed by atoms with Crippen LogP contribution in [-0.2, 0) is 17.6 Å². The van der Waals surface area contributed by atoms with Gasteiger partial charge in [-0.2, -0.15) is 13.2 Å². The Bertz CT molecular complexity index is 579. The second-order valence-corrected chi connectivity index (χ2v) is 3.84. The first kappa shape index (κ1) is 14.0. The highest BCUT2D eigenvalue weighted by molar-refractivity contribution is 5.75. The van der Waals surface area contributed by atoms with Gasteiger partial charge in [-0.3, -0.25) is 4.79 Å². The second-order valence-electron chi connectivity index (χ2n) is 3.84. The molecule has 2 aromatic rings. The summed E-state index contributed by atoms with van der Waals surface area (Å²) in [7, 11) is 0. The molecule has 1 heterocycles. The molecule has 1 aromatic carbocycles. The third-order valence-corrected chi connectivity index (χ3v) is 2.47. The van der Waals surface area contributed by atoms with Crippen LogP contribution in [-0.4, -0.2) is 6.41 Å². The third-order valence-electron chi connectivity index (χ3n) is 2.47. The lowest BCUT2D eigenvalue weighted by Crippen LogP contribution is -2.07. The Morgan fingerprint density at radius 1 is 1.30 bits per heavy atom. The van der Waals surface area contributed by atoms with Crippen molar-refractivity contribution in [2.45, 2.75) is 12.8 Å². The van der Waals surface area contributed by atoms with E-state index >= 15 is 0 Å². The molecule has 0 unspecified atom stereocenters. The van der Waals surface area contributed by atoms with Crippen molar-refractivity contribution in [3.05, 3.63) is 47.9 Å². The molecular formula is C13H10F3NO3. The summed E-state index contributed by atoms with van der Waals surface area (Å²) >= 11 is 0. The Morgan fingerprint density at radius 2 is 2.10 bits per heavy atom. The van der Waals surface area contributed by atoms with Crippen LogP contribution in [0, 0.1) is 0 Å². The van der Waals surface area contributed by atoms with Crippen molar-refractivity contribution in [2.24, 2.45) is 0 Å². The SMILES string of the molecule is O=CNc1cc(C(F)(F)F)ccc1OCc1ccco1. The van der Waals surface area contributed by atoms with Gasteiger partial charge in [0, 0.05) is 0 Å². The van der Waals surface area contributed by atoms with Crippen molar-refractivity contribution in [1.29, 1.82) is 0 Å². The number of furan rings is 1. The summed E-state index contributed by atoms with van der Waals surface area (Å²) in [6.07, 6.45) is -2.75. The first-order chi connectivity index (χ1) is 9.50. The maximum absolute atomic E-state index is 12.6. The van der Waals surface area contributed by atoms with Crippen LogP contribution in [0.15, 0.2) is 41.0 Å². The van der Waals surface area contributed by atoms with Gasteiger partial charge < -0.3 is 14.5 Å². The lowest BCUT2D eigenvalue weighted by Gasteiger charge is -2.13. The number of ether oxygens (including phenoxy) is 1. The number of benzene rings is 1. The van der Waals surface area contributed by atoms with Crippen molar-refractivity contribution in [2.75, 3.05) is 5.32 Å². The van der Waals surface area contributed by atoms with Crippen molar-refractivity contribution >= 4 is 12.1 Å². The van der Waals surface area contributed by atoms with Gasteiger partial charge in [0.05, 0.1) is 17.5 Å². The minimum Gasteiger partial charge on any atom is -0.483 e. The van der Waals surface area contributed by atoms with E-state index in [9.17, 15) is 18.0 Å². The van der Waals surface area contributed by atoms with E-state index in [2.05, 4.69) is 5.32 Å². The van der Waals surface area contributed by atoms with E-state index in [0.29, 0.717) is 5.76 Å². The molecule has 106 valence electrons. The van der Waals surface area contributed by atoms with Crippen LogP contribution in [0.2, 0.25) is 0 Å². The summed E-state index contributed by atoms with van der Waals surface area (Å²) in [5.74, 6) is 0.642. The molecule has 0 atom stereocenters. The number of alkyl halides is 3. The van der Waals surface area contributed by atoms with E-state index in [0.717, 1.165) is 18.2 Å². The van der Waals surface area contributed by atoms with Gasteiger partial charge in [0.15, 0.2) is 0 Å². The van der Waals surface area contributed by atoms with E-state index in [4.69, 9.17) is 9.15 Å². The number of anilines is 1. The highest BCUT2D eigenvalue weighted by atomic mass is 19.4. The van der Waals surface area contributed by atoms with Crippen molar-refractivity contribution < 1.29 is 27.1 Å². The van der Waals surface area contributed by atoms with Crippen molar-refractivity contribution in [3.8, 4) is 5.75 Å². The van der Waals surface area contributed by atoms with Gasteiger partial charge in [0.25, 0.3) is 0 Å². The molecular weight excluding hydrogens is 275 g/mol. The summed E-state index contributed by atoms with van der Waals surface area (Å²) in [5.41, 5.74) is -0.923. The number of hydrogen-bond donors (Lipinski definition) is 1. The highest BCUT2D eigenvalue weighted by Gasteiger charge is 2.31. The predicted molar refractivity (Wildman–Crippen MR) is 64.2 cm³/mol. The molecule has 0 aliphatic carbocycles. The first-order valence-corrected chi connectivity index (χ1v) is 5.57. The van der Waals surface area contributed by atoms with Crippen LogP contribution in [0.3, 0.4) is 0 Å². The lowest BCUT2D eigenvalue weighted by molar-refractivity contribution is -0.137. The van der Waals surface area contributed by atoms with Crippen molar-refractivity contribution in [1.82, 2.24) is 0 Å². The van der Waals surface area contributed by atoms with Crippen LogP contribution in [0.1, 0.15) is 11.3 Å². The fraction of sp³-hybridized carbons (Fsp3) is 0.154. The smallest absolute Gasteiger partial charge is 0.416 e. The zero-order chi connectivity index (χ0) is 14.6. The largest absolute Gasteiger partial charge is 0.483 e. The van der Waals surface area contributed by atoms with E-state index in [1.165, 1.54) is 6.26 Å².